The van der Waals surface area contributed by atoms with Crippen LogP contribution in [0.25, 0.3) is 64.6 Å². The van der Waals surface area contributed by atoms with Gasteiger partial charge >= 0.3 is 0 Å². The first-order valence-electron chi connectivity index (χ1n) is 11.5. The van der Waals surface area contributed by atoms with Gasteiger partial charge in [-0.1, -0.05) is 12.1 Å². The highest BCUT2D eigenvalue weighted by Crippen LogP contribution is 2.55. The number of hydrogen-bond donors (Lipinski definition) is 6. The molecule has 0 aliphatic rings. The van der Waals surface area contributed by atoms with E-state index in [9.17, 15) is 30.6 Å². The molecular weight excluding hydrogens is 456 g/mol. The molecule has 7 aromatic carbocycles. The van der Waals surface area contributed by atoms with Gasteiger partial charge in [0.1, 0.15) is 34.5 Å². The number of phenolic OH excluding ortho intramolecular Hbond substituents is 6. The fraction of sp³-hybridized carbons (Fsp3) is 0.0667. The molecular formula is C30H20O6. The van der Waals surface area contributed by atoms with Crippen LogP contribution in [-0.4, -0.2) is 30.6 Å². The number of fused-ring (bicyclic) bond motifs is 6. The van der Waals surface area contributed by atoms with Crippen molar-refractivity contribution in [3.63, 3.8) is 0 Å². The van der Waals surface area contributed by atoms with E-state index in [0.717, 1.165) is 11.1 Å². The quantitative estimate of drug-likeness (QED) is 0.105. The minimum atomic E-state index is -0.224. The van der Waals surface area contributed by atoms with Crippen LogP contribution in [0.4, 0.5) is 0 Å². The van der Waals surface area contributed by atoms with Gasteiger partial charge in [-0.25, -0.2) is 0 Å². The van der Waals surface area contributed by atoms with Crippen LogP contribution < -0.4 is 0 Å². The summed E-state index contributed by atoms with van der Waals surface area (Å²) in [4.78, 5) is 0. The molecule has 176 valence electrons. The Morgan fingerprint density at radius 2 is 0.639 bits per heavy atom. The lowest BCUT2D eigenvalue weighted by molar-refractivity contribution is 0.455. The van der Waals surface area contributed by atoms with Crippen LogP contribution in [0.2, 0.25) is 0 Å². The molecule has 0 fully saturated rings. The predicted molar refractivity (Wildman–Crippen MR) is 142 cm³/mol. The summed E-state index contributed by atoms with van der Waals surface area (Å²) >= 11 is 0. The molecule has 0 heterocycles. The maximum atomic E-state index is 11.1. The summed E-state index contributed by atoms with van der Waals surface area (Å²) in [6, 6.07) is 12.9. The zero-order valence-corrected chi connectivity index (χ0v) is 19.3. The van der Waals surface area contributed by atoms with Gasteiger partial charge in [-0.15, -0.1) is 0 Å². The summed E-state index contributed by atoms with van der Waals surface area (Å²) < 4.78 is 0. The highest BCUT2D eigenvalue weighted by Gasteiger charge is 2.26. The summed E-state index contributed by atoms with van der Waals surface area (Å²) in [7, 11) is 0. The van der Waals surface area contributed by atoms with E-state index in [1.807, 2.05) is 26.0 Å². The largest absolute Gasteiger partial charge is 0.507 e. The SMILES string of the molecule is Cc1cc(O)c2cc3c(O)cc(O)c4c5c(O)cc(O)c6cc7c(O)cc(C)cc7c(c65)c(c2c1)c34. The third-order valence-corrected chi connectivity index (χ3v) is 7.37. The van der Waals surface area contributed by atoms with E-state index in [0.29, 0.717) is 64.6 Å². The zero-order valence-electron chi connectivity index (χ0n) is 19.3. The van der Waals surface area contributed by atoms with Crippen molar-refractivity contribution < 1.29 is 30.6 Å². The van der Waals surface area contributed by atoms with Crippen LogP contribution in [0.15, 0.2) is 48.5 Å². The first-order chi connectivity index (χ1) is 17.2. The number of rotatable bonds is 0. The molecule has 0 unspecified atom stereocenters. The number of aryl methyl sites for hydroxylation is 2. The van der Waals surface area contributed by atoms with Gasteiger partial charge < -0.3 is 30.6 Å². The van der Waals surface area contributed by atoms with E-state index in [1.165, 1.54) is 12.1 Å². The Morgan fingerprint density at radius 3 is 1.03 bits per heavy atom. The molecule has 0 radical (unpaired) electrons. The molecule has 0 saturated carbocycles. The molecule has 0 atom stereocenters. The molecule has 6 nitrogen and oxygen atoms in total. The Hall–Kier alpha value is -4.84. The molecule has 6 N–H and O–H groups in total. The van der Waals surface area contributed by atoms with Crippen molar-refractivity contribution in [3.8, 4) is 34.5 Å². The van der Waals surface area contributed by atoms with Crippen LogP contribution in [-0.2, 0) is 0 Å². The highest BCUT2D eigenvalue weighted by molar-refractivity contribution is 6.45. The lowest BCUT2D eigenvalue weighted by Gasteiger charge is -2.21. The van der Waals surface area contributed by atoms with E-state index in [2.05, 4.69) is 0 Å². The standard InChI is InChI=1S/C30H20O6/c1-11-3-15-13(19(31)5-11)7-17-21(33)9-23(35)29-27(17)25(15)26-16-4-12(2)6-20(32)14(16)8-18-22(34)10-24(36)30(29)28(18)26/h3-10,31-36H,1-2H3. The Labute approximate surface area is 203 Å². The monoisotopic (exact) mass is 476 g/mol. The van der Waals surface area contributed by atoms with E-state index < -0.39 is 0 Å². The first kappa shape index (κ1) is 20.5. The molecule has 0 amide bonds. The van der Waals surface area contributed by atoms with Gasteiger partial charge in [0.2, 0.25) is 0 Å². The average Bonchev–Trinajstić information content (AvgIpc) is 2.80. The summed E-state index contributed by atoms with van der Waals surface area (Å²) in [6.07, 6.45) is 0. The van der Waals surface area contributed by atoms with Crippen LogP contribution in [0.5, 0.6) is 34.5 Å². The number of aromatic hydroxyl groups is 6. The maximum absolute atomic E-state index is 11.1. The minimum Gasteiger partial charge on any atom is -0.507 e. The van der Waals surface area contributed by atoms with Crippen molar-refractivity contribution in [1.82, 2.24) is 0 Å². The molecule has 7 rings (SSSR count). The number of phenols is 6. The third kappa shape index (κ3) is 2.35. The lowest BCUT2D eigenvalue weighted by Crippen LogP contribution is -1.93. The van der Waals surface area contributed by atoms with Crippen molar-refractivity contribution >= 4 is 64.6 Å². The number of hydrogen-bond acceptors (Lipinski definition) is 6. The molecule has 6 heteroatoms. The van der Waals surface area contributed by atoms with Crippen LogP contribution in [0.3, 0.4) is 0 Å². The number of benzene rings is 7. The molecule has 0 aliphatic carbocycles. The smallest absolute Gasteiger partial charge is 0.127 e. The second-order valence-corrected chi connectivity index (χ2v) is 9.69. The van der Waals surface area contributed by atoms with Crippen molar-refractivity contribution in [2.45, 2.75) is 13.8 Å². The van der Waals surface area contributed by atoms with Gasteiger partial charge in [-0.2, -0.15) is 0 Å². The predicted octanol–water partition coefficient (Wildman–Crippen LogP) is 6.89. The molecule has 7 aromatic rings. The Morgan fingerprint density at radius 1 is 0.306 bits per heavy atom. The highest BCUT2D eigenvalue weighted by atomic mass is 16.3. The summed E-state index contributed by atoms with van der Waals surface area (Å²) in [5.74, 6) is -0.720. The van der Waals surface area contributed by atoms with Crippen molar-refractivity contribution in [3.05, 3.63) is 59.7 Å². The fourth-order valence-corrected chi connectivity index (χ4v) is 6.01. The van der Waals surface area contributed by atoms with Gasteiger partial charge in [0.05, 0.1) is 0 Å². The third-order valence-electron chi connectivity index (χ3n) is 7.37. The second kappa shape index (κ2) is 6.43. The Kier molecular flexibility index (Phi) is 3.67. The van der Waals surface area contributed by atoms with Gasteiger partial charge in [0, 0.05) is 55.2 Å². The second-order valence-electron chi connectivity index (χ2n) is 9.69. The van der Waals surface area contributed by atoms with Gasteiger partial charge in [-0.05, 0) is 70.8 Å². The minimum absolute atomic E-state index is 0.0391. The molecule has 0 aromatic heterocycles. The topological polar surface area (TPSA) is 121 Å². The summed E-state index contributed by atoms with van der Waals surface area (Å²) in [6.45, 7) is 3.72. The van der Waals surface area contributed by atoms with Crippen molar-refractivity contribution in [1.29, 1.82) is 0 Å². The molecule has 0 bridgehead atoms. The normalized spacial score (nSPS) is 12.3. The molecule has 36 heavy (non-hydrogen) atoms. The maximum Gasteiger partial charge on any atom is 0.127 e. The first-order valence-corrected chi connectivity index (χ1v) is 11.5. The van der Waals surface area contributed by atoms with Gasteiger partial charge in [-0.3, -0.25) is 0 Å². The van der Waals surface area contributed by atoms with E-state index in [-0.39, 0.29) is 34.5 Å². The van der Waals surface area contributed by atoms with Crippen LogP contribution >= 0.6 is 0 Å². The van der Waals surface area contributed by atoms with Gasteiger partial charge in [0.25, 0.3) is 0 Å². The summed E-state index contributed by atoms with van der Waals surface area (Å²) in [5, 5.41) is 71.8. The molecule has 0 aliphatic heterocycles. The van der Waals surface area contributed by atoms with Crippen LogP contribution in [0.1, 0.15) is 11.1 Å². The Balaban J connectivity index is 2.04. The fourth-order valence-electron chi connectivity index (χ4n) is 6.01. The molecule has 0 spiro atoms. The lowest BCUT2D eigenvalue weighted by atomic mass is 9.83. The summed E-state index contributed by atoms with van der Waals surface area (Å²) in [5.41, 5.74) is 1.61. The van der Waals surface area contributed by atoms with E-state index >= 15 is 0 Å². The van der Waals surface area contributed by atoms with Crippen LogP contribution in [0, 0.1) is 13.8 Å². The average molecular weight is 476 g/mol. The van der Waals surface area contributed by atoms with Gasteiger partial charge in [0.15, 0.2) is 0 Å². The van der Waals surface area contributed by atoms with Crippen molar-refractivity contribution in [2.75, 3.05) is 0 Å². The zero-order chi connectivity index (χ0) is 25.2. The van der Waals surface area contributed by atoms with E-state index in [4.69, 9.17) is 0 Å². The van der Waals surface area contributed by atoms with E-state index in [1.54, 1.807) is 24.3 Å². The Bertz CT molecular complexity index is 1970. The molecule has 0 saturated heterocycles. The van der Waals surface area contributed by atoms with Crippen molar-refractivity contribution in [2.24, 2.45) is 0 Å².